The van der Waals surface area contributed by atoms with E-state index in [4.69, 9.17) is 14.2 Å². The summed E-state index contributed by atoms with van der Waals surface area (Å²) in [5.74, 6) is 1.02. The number of fused-ring (bicyclic) bond motifs is 1. The fraction of sp³-hybridized carbons (Fsp3) is 0.350. The number of ether oxygens (including phenoxy) is 3. The van der Waals surface area contributed by atoms with E-state index in [1.165, 1.54) is 0 Å². The molecule has 2 aliphatic heterocycles. The van der Waals surface area contributed by atoms with Crippen molar-refractivity contribution in [3.05, 3.63) is 60.2 Å². The molecular formula is C20H22N2O4. The van der Waals surface area contributed by atoms with Crippen molar-refractivity contribution in [2.75, 3.05) is 20.3 Å². The van der Waals surface area contributed by atoms with Crippen molar-refractivity contribution < 1.29 is 19.0 Å². The topological polar surface area (TPSA) is 68.8 Å². The summed E-state index contributed by atoms with van der Waals surface area (Å²) >= 11 is 0. The smallest absolute Gasteiger partial charge is 0.255 e. The first kappa shape index (κ1) is 17.0. The third-order valence-electron chi connectivity index (χ3n) is 4.84. The van der Waals surface area contributed by atoms with Crippen molar-refractivity contribution in [2.24, 2.45) is 0 Å². The highest BCUT2D eigenvalue weighted by atomic mass is 16.6. The largest absolute Gasteiger partial charge is 0.457 e. The molecule has 4 atom stereocenters. The van der Waals surface area contributed by atoms with Crippen molar-refractivity contribution >= 4 is 5.91 Å². The van der Waals surface area contributed by atoms with Crippen LogP contribution >= 0.6 is 0 Å². The van der Waals surface area contributed by atoms with Gasteiger partial charge in [0.05, 0.1) is 30.9 Å². The second kappa shape index (κ2) is 7.45. The first-order chi connectivity index (χ1) is 12.8. The number of hydrogen-bond donors (Lipinski definition) is 2. The third-order valence-corrected chi connectivity index (χ3v) is 4.84. The minimum atomic E-state index is -0.192. The van der Waals surface area contributed by atoms with Gasteiger partial charge in [-0.05, 0) is 31.3 Å². The predicted octanol–water partition coefficient (Wildman–Crippen LogP) is 1.96. The highest BCUT2D eigenvalue weighted by Gasteiger charge is 2.47. The van der Waals surface area contributed by atoms with E-state index in [0.717, 1.165) is 0 Å². The maximum Gasteiger partial charge on any atom is 0.255 e. The van der Waals surface area contributed by atoms with Crippen molar-refractivity contribution in [2.45, 2.75) is 24.3 Å². The lowest BCUT2D eigenvalue weighted by atomic mass is 10.1. The quantitative estimate of drug-likeness (QED) is 0.859. The maximum absolute atomic E-state index is 12.8. The van der Waals surface area contributed by atoms with E-state index in [2.05, 4.69) is 10.6 Å². The number of para-hydroxylation sites is 2. The van der Waals surface area contributed by atoms with Crippen molar-refractivity contribution in [1.82, 2.24) is 10.6 Å². The molecule has 0 unspecified atom stereocenters. The zero-order valence-corrected chi connectivity index (χ0v) is 14.6. The first-order valence-electron chi connectivity index (χ1n) is 8.79. The van der Waals surface area contributed by atoms with Crippen LogP contribution in [0.15, 0.2) is 54.6 Å². The van der Waals surface area contributed by atoms with Gasteiger partial charge in [-0.3, -0.25) is 4.79 Å². The lowest BCUT2D eigenvalue weighted by molar-refractivity contribution is 0.0642. The van der Waals surface area contributed by atoms with Crippen molar-refractivity contribution in [3.8, 4) is 11.5 Å². The number of likely N-dealkylation sites (N-methyl/N-ethyl adjacent to an activating group) is 1. The Balaban J connectivity index is 1.47. The standard InChI is InChI=1S/C20H22N2O4/c1-21-15-11-24-19-16(12-25-18(15)19)22-20(23)14-9-5-6-10-17(14)26-13-7-3-2-4-8-13/h2-10,15-16,18-19,21H,11-12H2,1H3,(H,22,23)/t15-,16-,18+,19+/m0/s1. The Morgan fingerprint density at radius 3 is 2.38 bits per heavy atom. The summed E-state index contributed by atoms with van der Waals surface area (Å²) in [6.45, 7) is 1.03. The molecule has 136 valence electrons. The van der Waals surface area contributed by atoms with E-state index < -0.39 is 0 Å². The molecule has 2 saturated heterocycles. The molecule has 1 amide bonds. The van der Waals surface area contributed by atoms with E-state index in [-0.39, 0.29) is 30.2 Å². The molecule has 4 rings (SSSR count). The van der Waals surface area contributed by atoms with Gasteiger partial charge in [-0.2, -0.15) is 0 Å². The monoisotopic (exact) mass is 354 g/mol. The van der Waals surface area contributed by atoms with Gasteiger partial charge in [0, 0.05) is 0 Å². The first-order valence-corrected chi connectivity index (χ1v) is 8.79. The zero-order valence-electron chi connectivity index (χ0n) is 14.6. The van der Waals surface area contributed by atoms with Gasteiger partial charge < -0.3 is 24.8 Å². The molecule has 2 aromatic carbocycles. The van der Waals surface area contributed by atoms with Crippen LogP contribution in [-0.2, 0) is 9.47 Å². The molecule has 0 aromatic heterocycles. The molecule has 26 heavy (non-hydrogen) atoms. The Kier molecular flexibility index (Phi) is 4.88. The summed E-state index contributed by atoms with van der Waals surface area (Å²) in [7, 11) is 1.89. The Labute approximate surface area is 152 Å². The normalized spacial score (nSPS) is 27.1. The Morgan fingerprint density at radius 1 is 0.962 bits per heavy atom. The lowest BCUT2D eigenvalue weighted by Gasteiger charge is -2.18. The molecule has 0 bridgehead atoms. The van der Waals surface area contributed by atoms with Gasteiger partial charge in [-0.25, -0.2) is 0 Å². The average Bonchev–Trinajstić information content (AvgIpc) is 3.26. The molecule has 2 aromatic rings. The van der Waals surface area contributed by atoms with Gasteiger partial charge in [0.25, 0.3) is 5.91 Å². The Hall–Kier alpha value is -2.41. The number of hydrogen-bond acceptors (Lipinski definition) is 5. The van der Waals surface area contributed by atoms with E-state index in [1.807, 2.05) is 49.5 Å². The number of amides is 1. The van der Waals surface area contributed by atoms with Gasteiger partial charge in [0.15, 0.2) is 0 Å². The van der Waals surface area contributed by atoms with Crippen LogP contribution in [0.2, 0.25) is 0 Å². The lowest BCUT2D eigenvalue weighted by Crippen LogP contribution is -2.45. The molecule has 2 aliphatic rings. The molecule has 0 saturated carbocycles. The number of rotatable bonds is 5. The van der Waals surface area contributed by atoms with Crippen LogP contribution in [0, 0.1) is 0 Å². The number of benzene rings is 2. The van der Waals surface area contributed by atoms with Crippen LogP contribution in [0.1, 0.15) is 10.4 Å². The third kappa shape index (κ3) is 3.31. The molecule has 6 nitrogen and oxygen atoms in total. The molecular weight excluding hydrogens is 332 g/mol. The van der Waals surface area contributed by atoms with E-state index >= 15 is 0 Å². The number of nitrogens with one attached hydrogen (secondary N) is 2. The van der Waals surface area contributed by atoms with Crippen LogP contribution in [0.4, 0.5) is 0 Å². The highest BCUT2D eigenvalue weighted by Crippen LogP contribution is 2.28. The van der Waals surface area contributed by atoms with Crippen molar-refractivity contribution in [3.63, 3.8) is 0 Å². The Morgan fingerprint density at radius 2 is 1.62 bits per heavy atom. The van der Waals surface area contributed by atoms with Gasteiger partial charge in [0.1, 0.15) is 23.7 Å². The predicted molar refractivity (Wildman–Crippen MR) is 96.5 cm³/mol. The zero-order chi connectivity index (χ0) is 17.9. The highest BCUT2D eigenvalue weighted by molar-refractivity contribution is 5.97. The molecule has 2 N–H and O–H groups in total. The van der Waals surface area contributed by atoms with Crippen molar-refractivity contribution in [1.29, 1.82) is 0 Å². The van der Waals surface area contributed by atoms with Gasteiger partial charge in [-0.15, -0.1) is 0 Å². The maximum atomic E-state index is 12.8. The molecule has 0 aliphatic carbocycles. The summed E-state index contributed by atoms with van der Waals surface area (Å²) in [5.41, 5.74) is 0.489. The SMILES string of the molecule is CN[C@H]1CO[C@H]2[C@@H]1OC[C@@H]2NC(=O)c1ccccc1Oc1ccccc1. The van der Waals surface area contributed by atoms with Gasteiger partial charge in [0.2, 0.25) is 0 Å². The summed E-state index contributed by atoms with van der Waals surface area (Å²) in [5, 5.41) is 6.24. The van der Waals surface area contributed by atoms with Crippen LogP contribution in [-0.4, -0.2) is 50.5 Å². The van der Waals surface area contributed by atoms with E-state index in [9.17, 15) is 4.79 Å². The van der Waals surface area contributed by atoms with Crippen LogP contribution in [0.5, 0.6) is 11.5 Å². The minimum absolute atomic E-state index is 0.0267. The molecule has 6 heteroatoms. The summed E-state index contributed by atoms with van der Waals surface area (Å²) in [6.07, 6.45) is -0.153. The van der Waals surface area contributed by atoms with E-state index in [0.29, 0.717) is 30.3 Å². The molecule has 2 fully saturated rings. The minimum Gasteiger partial charge on any atom is -0.457 e. The van der Waals surface area contributed by atoms with Gasteiger partial charge in [-0.1, -0.05) is 30.3 Å². The summed E-state index contributed by atoms with van der Waals surface area (Å²) in [6, 6.07) is 16.6. The average molecular weight is 354 g/mol. The molecule has 0 spiro atoms. The summed E-state index contributed by atoms with van der Waals surface area (Å²) < 4.78 is 17.5. The van der Waals surface area contributed by atoms with Crippen LogP contribution < -0.4 is 15.4 Å². The van der Waals surface area contributed by atoms with Gasteiger partial charge >= 0.3 is 0 Å². The Bertz CT molecular complexity index is 767. The van der Waals surface area contributed by atoms with Crippen LogP contribution in [0.3, 0.4) is 0 Å². The number of carbonyl (C=O) groups is 1. The molecule has 2 heterocycles. The summed E-state index contributed by atoms with van der Waals surface area (Å²) in [4.78, 5) is 12.8. The van der Waals surface area contributed by atoms with Crippen LogP contribution in [0.25, 0.3) is 0 Å². The fourth-order valence-electron chi connectivity index (χ4n) is 3.48. The molecule has 0 radical (unpaired) electrons. The fourth-order valence-corrected chi connectivity index (χ4v) is 3.48. The van der Waals surface area contributed by atoms with E-state index in [1.54, 1.807) is 12.1 Å². The second-order valence-corrected chi connectivity index (χ2v) is 6.48. The number of carbonyl (C=O) groups excluding carboxylic acids is 1. The second-order valence-electron chi connectivity index (χ2n) is 6.48.